The van der Waals surface area contributed by atoms with Crippen molar-refractivity contribution in [1.29, 1.82) is 5.26 Å². The van der Waals surface area contributed by atoms with Crippen LogP contribution in [0.25, 0.3) is 0 Å². The Hall–Kier alpha value is -5.76. The number of rotatable bonds is 6. The van der Waals surface area contributed by atoms with Crippen molar-refractivity contribution in [3.63, 3.8) is 0 Å². The summed E-state index contributed by atoms with van der Waals surface area (Å²) in [4.78, 5) is 71.7. The van der Waals surface area contributed by atoms with Crippen LogP contribution in [-0.2, 0) is 16.1 Å². The summed E-state index contributed by atoms with van der Waals surface area (Å²) in [5, 5.41) is 11.8. The topological polar surface area (TPSA) is 143 Å². The van der Waals surface area contributed by atoms with Crippen LogP contribution in [0.5, 0.6) is 5.75 Å². The number of amides is 5. The molecular weight excluding hydrogens is 811 g/mol. The second kappa shape index (κ2) is 15.5. The van der Waals surface area contributed by atoms with Crippen LogP contribution in [0.4, 0.5) is 10.1 Å². The van der Waals surface area contributed by atoms with E-state index in [9.17, 15) is 29.2 Å². The predicted molar refractivity (Wildman–Crippen MR) is 228 cm³/mol. The molecule has 5 aliphatic heterocycles. The minimum Gasteiger partial charge on any atom is -0.489 e. The molecule has 0 spiro atoms. The summed E-state index contributed by atoms with van der Waals surface area (Å²) in [6.45, 7) is 12.0. The third-order valence-corrected chi connectivity index (χ3v) is 14.4. The number of nitrogens with one attached hydrogen (secondary N) is 1. The number of carbonyl (C=O) groups is 5. The van der Waals surface area contributed by atoms with Gasteiger partial charge in [-0.15, -0.1) is 0 Å². The van der Waals surface area contributed by atoms with Gasteiger partial charge in [0.05, 0.1) is 27.4 Å². The van der Waals surface area contributed by atoms with E-state index in [1.165, 1.54) is 6.07 Å². The molecule has 5 heterocycles. The highest BCUT2D eigenvalue weighted by atomic mass is 35.5. The summed E-state index contributed by atoms with van der Waals surface area (Å²) in [7, 11) is 0. The molecule has 0 aromatic heterocycles. The minimum absolute atomic E-state index is 0.0149. The fourth-order valence-corrected chi connectivity index (χ4v) is 11.6. The molecule has 3 aromatic carbocycles. The Kier molecular flexibility index (Phi) is 10.4. The molecule has 320 valence electrons. The van der Waals surface area contributed by atoms with E-state index in [0.717, 1.165) is 60.9 Å². The Bertz CT molecular complexity index is 2530. The number of piperidine rings is 3. The van der Waals surface area contributed by atoms with Gasteiger partial charge in [0.2, 0.25) is 11.8 Å². The molecule has 3 saturated heterocycles. The van der Waals surface area contributed by atoms with Crippen LogP contribution in [0.2, 0.25) is 5.02 Å². The number of nitrogens with zero attached hydrogens (tertiary/aromatic N) is 5. The van der Waals surface area contributed by atoms with Crippen molar-refractivity contribution in [3.05, 3.63) is 92.8 Å². The molecule has 5 amide bonds. The molecule has 1 unspecified atom stereocenters. The first kappa shape index (κ1) is 41.6. The van der Waals surface area contributed by atoms with Gasteiger partial charge in [0.15, 0.2) is 0 Å². The van der Waals surface area contributed by atoms with E-state index in [1.807, 2.05) is 21.9 Å². The normalized spacial score (nSPS) is 24.8. The fourth-order valence-electron chi connectivity index (χ4n) is 11.4. The lowest BCUT2D eigenvalue weighted by atomic mass is 9.49. The number of hydrogen-bond donors (Lipinski definition) is 1. The van der Waals surface area contributed by atoms with Gasteiger partial charge >= 0.3 is 0 Å². The molecule has 1 aliphatic carbocycles. The highest BCUT2D eigenvalue weighted by molar-refractivity contribution is 6.31. The minimum atomic E-state index is -1.10. The van der Waals surface area contributed by atoms with Gasteiger partial charge in [-0.2, -0.15) is 5.26 Å². The number of carbonyl (C=O) groups excluding carboxylic acids is 5. The maximum absolute atomic E-state index is 15.5. The SMILES string of the molecule is CC1(C)[C@H](Oc2ccc(C#N)c(Cl)c2)C(C)(C)[C@H]1N1Cc2cc(C#CC3CCN(C4CCN(c5cc6c(cc5F)C(=O)N(C5CCC(=O)NC5=O)C6=O)CC4)CC3)ccc2C1=O. The molecule has 9 rings (SSSR count). The Labute approximate surface area is 365 Å². The summed E-state index contributed by atoms with van der Waals surface area (Å²) >= 11 is 6.29. The number of hydrogen-bond acceptors (Lipinski definition) is 9. The van der Waals surface area contributed by atoms with E-state index in [1.54, 1.807) is 18.2 Å². The van der Waals surface area contributed by atoms with E-state index in [2.05, 4.69) is 61.9 Å². The van der Waals surface area contributed by atoms with Crippen molar-refractivity contribution >= 4 is 46.8 Å². The molecule has 14 heteroatoms. The summed E-state index contributed by atoms with van der Waals surface area (Å²) < 4.78 is 22.0. The first-order valence-electron chi connectivity index (χ1n) is 21.4. The lowest BCUT2D eigenvalue weighted by Gasteiger charge is -2.65. The number of anilines is 1. The van der Waals surface area contributed by atoms with Crippen LogP contribution in [0.1, 0.15) is 114 Å². The molecule has 0 radical (unpaired) electrons. The molecule has 12 nitrogen and oxygen atoms in total. The molecule has 6 aliphatic rings. The Balaban J connectivity index is 0.778. The van der Waals surface area contributed by atoms with Gasteiger partial charge < -0.3 is 19.4 Å². The monoisotopic (exact) mass is 858 g/mol. The van der Waals surface area contributed by atoms with E-state index >= 15 is 4.39 Å². The highest BCUT2D eigenvalue weighted by Gasteiger charge is 2.67. The van der Waals surface area contributed by atoms with Gasteiger partial charge in [0, 0.05) is 72.1 Å². The third kappa shape index (κ3) is 7.00. The zero-order valence-electron chi connectivity index (χ0n) is 35.2. The number of nitriles is 1. The number of halogens is 2. The van der Waals surface area contributed by atoms with Crippen LogP contribution in [-0.4, -0.2) is 94.6 Å². The summed E-state index contributed by atoms with van der Waals surface area (Å²) in [5.41, 5.74) is 2.55. The summed E-state index contributed by atoms with van der Waals surface area (Å²) in [6.07, 6.45) is 3.38. The summed E-state index contributed by atoms with van der Waals surface area (Å²) in [5.74, 6) is 4.68. The molecule has 0 bridgehead atoms. The lowest BCUT2D eigenvalue weighted by molar-refractivity contribution is -0.199. The van der Waals surface area contributed by atoms with Crippen LogP contribution in [0.3, 0.4) is 0 Å². The second-order valence-electron chi connectivity index (χ2n) is 18.7. The molecule has 1 saturated carbocycles. The Morgan fingerprint density at radius 2 is 1.52 bits per heavy atom. The second-order valence-corrected chi connectivity index (χ2v) is 19.1. The maximum atomic E-state index is 15.5. The molecular formula is C48H48ClFN6O6. The number of fused-ring (bicyclic) bond motifs is 2. The highest BCUT2D eigenvalue weighted by Crippen LogP contribution is 2.59. The molecule has 1 atom stereocenters. The van der Waals surface area contributed by atoms with Crippen molar-refractivity contribution < 1.29 is 33.1 Å². The van der Waals surface area contributed by atoms with Crippen molar-refractivity contribution in [2.75, 3.05) is 31.1 Å². The van der Waals surface area contributed by atoms with Crippen LogP contribution in [0, 0.1) is 45.7 Å². The van der Waals surface area contributed by atoms with Crippen molar-refractivity contribution in [2.45, 2.75) is 97.0 Å². The van der Waals surface area contributed by atoms with Crippen molar-refractivity contribution in [2.24, 2.45) is 16.7 Å². The number of likely N-dealkylation sites (tertiary alicyclic amines) is 1. The molecule has 3 aromatic rings. The van der Waals surface area contributed by atoms with Crippen molar-refractivity contribution in [3.8, 4) is 23.7 Å². The average Bonchev–Trinajstić information content (AvgIpc) is 3.68. The average molecular weight is 859 g/mol. The molecule has 1 N–H and O–H groups in total. The summed E-state index contributed by atoms with van der Waals surface area (Å²) in [6, 6.07) is 14.8. The number of ether oxygens (including phenoxy) is 1. The Morgan fingerprint density at radius 3 is 2.18 bits per heavy atom. The van der Waals surface area contributed by atoms with Crippen LogP contribution < -0.4 is 15.0 Å². The van der Waals surface area contributed by atoms with Gasteiger partial charge in [-0.25, -0.2) is 4.39 Å². The first-order chi connectivity index (χ1) is 29.6. The smallest absolute Gasteiger partial charge is 0.262 e. The molecule has 4 fully saturated rings. The largest absolute Gasteiger partial charge is 0.489 e. The van der Waals surface area contributed by atoms with Crippen LogP contribution in [0.15, 0.2) is 48.5 Å². The lowest BCUT2D eigenvalue weighted by Crippen LogP contribution is -2.74. The van der Waals surface area contributed by atoms with E-state index in [0.29, 0.717) is 47.6 Å². The van der Waals surface area contributed by atoms with Gasteiger partial charge in [-0.05, 0) is 93.2 Å². The number of imide groups is 2. The van der Waals surface area contributed by atoms with Crippen LogP contribution >= 0.6 is 11.6 Å². The third-order valence-electron chi connectivity index (χ3n) is 14.1. The quantitative estimate of drug-likeness (QED) is 0.223. The fraction of sp³-hybridized carbons (Fsp3) is 0.458. The van der Waals surface area contributed by atoms with Crippen molar-refractivity contribution in [1.82, 2.24) is 20.0 Å². The number of benzene rings is 3. The Morgan fingerprint density at radius 1 is 0.823 bits per heavy atom. The standard InChI is InChI=1S/C48H48ClFN6O6/c1-47(2)45(48(3,4)46(47)62-32-9-8-29(25-51)36(49)22-32)55-26-30-21-28(7-10-33(30)42(55)59)6-5-27-13-17-53(18-14-27)31-15-19-54(20-16-31)39-24-35-34(23-37(39)50)43(60)56(44(35)61)38-11-12-40(57)52-41(38)58/h7-10,21-24,27,31,38,45-46H,11-20,26H2,1-4H3,(H,52,57,58)/t38?,45-,46-. The van der Waals surface area contributed by atoms with Gasteiger partial charge in [-0.3, -0.25) is 34.2 Å². The zero-order chi connectivity index (χ0) is 43.8. The van der Waals surface area contributed by atoms with Gasteiger partial charge in [-0.1, -0.05) is 51.1 Å². The van der Waals surface area contributed by atoms with E-state index in [-0.39, 0.29) is 64.5 Å². The molecule has 62 heavy (non-hydrogen) atoms. The zero-order valence-corrected chi connectivity index (χ0v) is 36.0. The maximum Gasteiger partial charge on any atom is 0.262 e. The van der Waals surface area contributed by atoms with Gasteiger partial charge in [0.25, 0.3) is 17.7 Å². The van der Waals surface area contributed by atoms with E-state index in [4.69, 9.17) is 16.3 Å². The van der Waals surface area contributed by atoms with Gasteiger partial charge in [0.1, 0.15) is 29.8 Å². The predicted octanol–water partition coefficient (Wildman–Crippen LogP) is 6.32. The van der Waals surface area contributed by atoms with E-state index < -0.39 is 35.5 Å². The first-order valence-corrected chi connectivity index (χ1v) is 21.8.